The highest BCUT2D eigenvalue weighted by molar-refractivity contribution is 6.33. The maximum absolute atomic E-state index is 12.4. The van der Waals surface area contributed by atoms with Gasteiger partial charge >= 0.3 is 0 Å². The second-order valence-electron chi connectivity index (χ2n) is 8.29. The molecule has 3 aromatic rings. The summed E-state index contributed by atoms with van der Waals surface area (Å²) in [5, 5.41) is 14.9. The van der Waals surface area contributed by atoms with Gasteiger partial charge in [0.25, 0.3) is 0 Å². The number of anilines is 1. The lowest BCUT2D eigenvalue weighted by atomic mass is 10.0. The Morgan fingerprint density at radius 3 is 2.69 bits per heavy atom. The first-order valence-electron chi connectivity index (χ1n) is 11.0. The summed E-state index contributed by atoms with van der Waals surface area (Å²) in [6.45, 7) is 2.18. The lowest BCUT2D eigenvalue weighted by Gasteiger charge is -2.34. The summed E-state index contributed by atoms with van der Waals surface area (Å²) in [6, 6.07) is 13.0. The Labute approximate surface area is 194 Å². The molecule has 0 radical (unpaired) electrons. The van der Waals surface area contributed by atoms with Gasteiger partial charge in [0.1, 0.15) is 17.7 Å². The van der Waals surface area contributed by atoms with Crippen molar-refractivity contribution in [3.8, 4) is 17.1 Å². The number of para-hydroxylation sites is 1. The largest absolute Gasteiger partial charge is 0.507 e. The van der Waals surface area contributed by atoms with Gasteiger partial charge in [0.2, 0.25) is 5.91 Å². The molecule has 5 rings (SSSR count). The molecule has 0 aliphatic carbocycles. The van der Waals surface area contributed by atoms with E-state index in [1.165, 1.54) is 0 Å². The van der Waals surface area contributed by atoms with Crippen LogP contribution in [-0.2, 0) is 9.53 Å². The third-order valence-electron chi connectivity index (χ3n) is 6.16. The number of benzene rings is 2. The summed E-state index contributed by atoms with van der Waals surface area (Å²) in [4.78, 5) is 24.1. The highest BCUT2D eigenvalue weighted by Crippen LogP contribution is 2.36. The number of halogens is 1. The molecule has 0 spiro atoms. The number of hydrogen-bond acceptors (Lipinski definition) is 6. The molecule has 0 bridgehead atoms. The first kappa shape index (κ1) is 21.0. The number of carbonyl (C=O) groups is 1. The molecule has 2 fully saturated rings. The maximum atomic E-state index is 12.4. The highest BCUT2D eigenvalue weighted by Gasteiger charge is 2.28. The zero-order chi connectivity index (χ0) is 22.1. The Bertz CT molecular complexity index is 1130. The molecule has 2 aliphatic rings. The average Bonchev–Trinajstić information content (AvgIpc) is 3.34. The van der Waals surface area contributed by atoms with E-state index in [-0.39, 0.29) is 26.7 Å². The van der Waals surface area contributed by atoms with Crippen LogP contribution in [0.1, 0.15) is 28.5 Å². The Balaban J connectivity index is 0.00000162. The summed E-state index contributed by atoms with van der Waals surface area (Å²) < 4.78 is 5.50. The zero-order valence-corrected chi connectivity index (χ0v) is 18.4. The first-order valence-corrected chi connectivity index (χ1v) is 11.4. The Morgan fingerprint density at radius 2 is 1.94 bits per heavy atom. The average molecular weight is 457 g/mol. The number of rotatable bonds is 4. The topological polar surface area (TPSA) is 87.6 Å². The van der Waals surface area contributed by atoms with E-state index in [1.54, 1.807) is 18.2 Å². The fraction of sp³-hybridized carbons (Fsp3) is 0.375. The first-order chi connectivity index (χ1) is 15.6. The third-order valence-corrected chi connectivity index (χ3v) is 6.48. The minimum atomic E-state index is -0.301. The number of nitrogens with one attached hydrogen (secondary N) is 1. The van der Waals surface area contributed by atoms with Crippen molar-refractivity contribution in [3.63, 3.8) is 0 Å². The van der Waals surface area contributed by atoms with Crippen molar-refractivity contribution in [3.05, 3.63) is 47.5 Å². The van der Waals surface area contributed by atoms with Gasteiger partial charge in [0, 0.05) is 34.0 Å². The van der Waals surface area contributed by atoms with Gasteiger partial charge in [-0.1, -0.05) is 29.8 Å². The van der Waals surface area contributed by atoms with Gasteiger partial charge in [-0.05, 0) is 49.9 Å². The van der Waals surface area contributed by atoms with E-state index in [1.807, 2.05) is 24.3 Å². The summed E-state index contributed by atoms with van der Waals surface area (Å²) in [5.41, 5.74) is 1.22. The number of nitrogens with zero attached hydrogens (tertiary/aromatic N) is 3. The third kappa shape index (κ3) is 4.10. The van der Waals surface area contributed by atoms with Crippen molar-refractivity contribution in [2.24, 2.45) is 0 Å². The van der Waals surface area contributed by atoms with Crippen molar-refractivity contribution < 1.29 is 17.5 Å². The van der Waals surface area contributed by atoms with Crippen molar-refractivity contribution in [2.75, 3.05) is 24.6 Å². The predicted octanol–water partition coefficient (Wildman–Crippen LogP) is 4.41. The summed E-state index contributed by atoms with van der Waals surface area (Å²) in [7, 11) is 0. The van der Waals surface area contributed by atoms with E-state index in [2.05, 4.69) is 15.2 Å². The monoisotopic (exact) mass is 456 g/mol. The molecule has 8 heteroatoms. The number of aromatic hydroxyl groups is 1. The second-order valence-corrected chi connectivity index (χ2v) is 8.70. The Hall–Kier alpha value is -2.90. The van der Waals surface area contributed by atoms with Crippen LogP contribution in [0, 0.1) is 0 Å². The van der Waals surface area contributed by atoms with Crippen LogP contribution in [-0.4, -0.2) is 52.8 Å². The number of phenols is 1. The number of aromatic nitrogens is 2. The molecule has 1 atom stereocenters. The van der Waals surface area contributed by atoms with Crippen LogP contribution in [0.5, 0.6) is 5.75 Å². The van der Waals surface area contributed by atoms with Gasteiger partial charge in [-0.25, -0.2) is 9.97 Å². The number of amides is 1. The maximum Gasteiger partial charge on any atom is 0.249 e. The van der Waals surface area contributed by atoms with Gasteiger partial charge in [-0.3, -0.25) is 4.79 Å². The Kier molecular flexibility index (Phi) is 5.85. The van der Waals surface area contributed by atoms with Crippen LogP contribution in [0.2, 0.25) is 5.02 Å². The summed E-state index contributed by atoms with van der Waals surface area (Å²) in [5.74, 6) is 1.27. The molecule has 0 saturated carbocycles. The molecule has 0 unspecified atom stereocenters. The molecule has 170 valence electrons. The highest BCUT2D eigenvalue weighted by atomic mass is 35.5. The summed E-state index contributed by atoms with van der Waals surface area (Å²) in [6.07, 6.45) is 3.09. The van der Waals surface area contributed by atoms with Crippen molar-refractivity contribution in [1.82, 2.24) is 15.3 Å². The number of hydrogen-bond donors (Lipinski definition) is 2. The predicted molar refractivity (Wildman–Crippen MR) is 128 cm³/mol. The molecule has 1 amide bonds. The normalized spacial score (nSPS) is 19.4. The van der Waals surface area contributed by atoms with Crippen molar-refractivity contribution in [2.45, 2.75) is 37.8 Å². The number of ether oxygens (including phenoxy) is 1. The van der Waals surface area contributed by atoms with Gasteiger partial charge in [0.05, 0.1) is 16.1 Å². The van der Waals surface area contributed by atoms with E-state index in [9.17, 15) is 9.90 Å². The van der Waals surface area contributed by atoms with Gasteiger partial charge in [-0.15, -0.1) is 0 Å². The lowest BCUT2D eigenvalue weighted by Crippen LogP contribution is -2.47. The van der Waals surface area contributed by atoms with E-state index in [0.29, 0.717) is 23.0 Å². The second kappa shape index (κ2) is 8.92. The molecular weight excluding hydrogens is 428 g/mol. The van der Waals surface area contributed by atoms with Gasteiger partial charge in [-0.2, -0.15) is 0 Å². The van der Waals surface area contributed by atoms with Crippen LogP contribution < -0.4 is 10.2 Å². The fourth-order valence-corrected chi connectivity index (χ4v) is 4.72. The number of phenolic OH excluding ortho intramolecular Hbond substituents is 1. The molecule has 2 aromatic carbocycles. The van der Waals surface area contributed by atoms with Gasteiger partial charge < -0.3 is 20.1 Å². The van der Waals surface area contributed by atoms with Crippen LogP contribution >= 0.6 is 11.6 Å². The Morgan fingerprint density at radius 1 is 1.12 bits per heavy atom. The lowest BCUT2D eigenvalue weighted by molar-refractivity contribution is -0.130. The molecule has 2 N–H and O–H groups in total. The van der Waals surface area contributed by atoms with Crippen LogP contribution in [0.25, 0.3) is 22.3 Å². The minimum absolute atomic E-state index is 0. The van der Waals surface area contributed by atoms with Crippen LogP contribution in [0.15, 0.2) is 42.5 Å². The number of carbonyl (C=O) groups excluding carboxylic acids is 1. The quantitative estimate of drug-likeness (QED) is 0.604. The van der Waals surface area contributed by atoms with E-state index in [4.69, 9.17) is 21.3 Å². The molecule has 32 heavy (non-hydrogen) atoms. The number of fused-ring (bicyclic) bond motifs is 1. The molecular formula is C24H29ClN4O3. The van der Waals surface area contributed by atoms with E-state index < -0.39 is 0 Å². The molecule has 2 aliphatic heterocycles. The standard InChI is InChI=1S/C24H25ClN4O3.2H2/c25-17-6-3-8-19(30)21(17)22-27-18-7-2-1-5-16(18)23(28-22)29-12-10-15(11-13-29)26-24(31)20-9-4-14-32-20;;/h1-3,5-8,15,20,30H,4,9-14H2,(H,26,31);2*1H/t20-;;/m1../s1. The number of piperidine rings is 1. The molecule has 2 saturated heterocycles. The SMILES string of the molecule is O=C(NC1CCN(c2nc(-c3c(O)cccc3Cl)nc3ccccc23)CC1)[C@H]1CCCO1.[HH].[HH]. The summed E-state index contributed by atoms with van der Waals surface area (Å²) >= 11 is 6.37. The van der Waals surface area contributed by atoms with Crippen molar-refractivity contribution in [1.29, 1.82) is 0 Å². The molecule has 7 nitrogen and oxygen atoms in total. The van der Waals surface area contributed by atoms with Crippen LogP contribution in [0.3, 0.4) is 0 Å². The van der Waals surface area contributed by atoms with E-state index in [0.717, 1.165) is 55.5 Å². The minimum Gasteiger partial charge on any atom is -0.507 e. The fourth-order valence-electron chi connectivity index (χ4n) is 4.46. The smallest absolute Gasteiger partial charge is 0.249 e. The molecule has 1 aromatic heterocycles. The van der Waals surface area contributed by atoms with E-state index >= 15 is 0 Å². The zero-order valence-electron chi connectivity index (χ0n) is 17.6. The van der Waals surface area contributed by atoms with Gasteiger partial charge in [0.15, 0.2) is 5.82 Å². The molecule has 3 heterocycles. The van der Waals surface area contributed by atoms with Crippen LogP contribution in [0.4, 0.5) is 5.82 Å². The van der Waals surface area contributed by atoms with Crippen molar-refractivity contribution >= 4 is 34.2 Å².